The molecule has 1 N–H and O–H groups in total. The number of halogens is 1. The van der Waals surface area contributed by atoms with Crippen molar-refractivity contribution >= 4 is 16.6 Å². The predicted molar refractivity (Wildman–Crippen MR) is 158 cm³/mol. The van der Waals surface area contributed by atoms with Crippen molar-refractivity contribution in [1.29, 1.82) is 5.26 Å². The van der Waals surface area contributed by atoms with Gasteiger partial charge in [-0.15, -0.1) is 11.5 Å². The number of nitrogens with zero attached hydrogens (tertiary/aromatic N) is 5. The molecule has 2 heterocycles. The van der Waals surface area contributed by atoms with E-state index in [2.05, 4.69) is 51.7 Å². The molecule has 7 heteroatoms. The third-order valence-corrected chi connectivity index (χ3v) is 7.55. The molecule has 2 aromatic heterocycles. The van der Waals surface area contributed by atoms with Crippen LogP contribution < -0.4 is 5.32 Å². The monoisotopic (exact) mass is 541 g/mol. The van der Waals surface area contributed by atoms with E-state index in [1.807, 2.05) is 41.2 Å². The summed E-state index contributed by atoms with van der Waals surface area (Å²) in [5.41, 5.74) is 5.14. The van der Waals surface area contributed by atoms with Crippen molar-refractivity contribution in [2.75, 3.05) is 5.32 Å². The van der Waals surface area contributed by atoms with Crippen LogP contribution in [0.2, 0.25) is 0 Å². The van der Waals surface area contributed by atoms with E-state index in [4.69, 9.17) is 6.42 Å². The molecule has 1 aliphatic carbocycles. The molecule has 0 spiro atoms. The Kier molecular flexibility index (Phi) is 6.85. The van der Waals surface area contributed by atoms with Crippen LogP contribution in [0.1, 0.15) is 79.0 Å². The Balaban J connectivity index is 1.49. The Bertz CT molecular complexity index is 1830. The Hall–Kier alpha value is -5.01. The largest absolute Gasteiger partial charge is 0.377 e. The van der Waals surface area contributed by atoms with Gasteiger partial charge in [0.15, 0.2) is 0 Å². The highest BCUT2D eigenvalue weighted by Crippen LogP contribution is 2.37. The summed E-state index contributed by atoms with van der Waals surface area (Å²) < 4.78 is 25.5. The Morgan fingerprint density at radius 2 is 1.90 bits per heavy atom. The first-order chi connectivity index (χ1) is 20.4. The van der Waals surface area contributed by atoms with Crippen LogP contribution in [0.4, 0.5) is 10.1 Å². The van der Waals surface area contributed by atoms with Crippen LogP contribution in [-0.4, -0.2) is 20.0 Å². The van der Waals surface area contributed by atoms with Gasteiger partial charge in [0.2, 0.25) is 0 Å². The number of nitriles is 1. The summed E-state index contributed by atoms with van der Waals surface area (Å²) in [5, 5.41) is 23.0. The highest BCUT2D eigenvalue weighted by atomic mass is 19.1. The maximum Gasteiger partial charge on any atom is 0.123 e. The smallest absolute Gasteiger partial charge is 0.123 e. The lowest BCUT2D eigenvalue weighted by Crippen LogP contribution is -2.12. The molecule has 6 rings (SSSR count). The molecule has 1 fully saturated rings. The van der Waals surface area contributed by atoms with Gasteiger partial charge in [0.1, 0.15) is 11.9 Å². The van der Waals surface area contributed by atoms with Crippen molar-refractivity contribution in [2.24, 2.45) is 0 Å². The third-order valence-electron chi connectivity index (χ3n) is 7.55. The maximum absolute atomic E-state index is 13.9. The zero-order valence-electron chi connectivity index (χ0n) is 23.7. The normalized spacial score (nSPS) is 15.4. The van der Waals surface area contributed by atoms with Crippen molar-refractivity contribution < 1.29 is 5.76 Å². The highest BCUT2D eigenvalue weighted by molar-refractivity contribution is 5.97. The fourth-order valence-electron chi connectivity index (χ4n) is 5.22. The Labute approximate surface area is 240 Å². The van der Waals surface area contributed by atoms with Crippen molar-refractivity contribution in [1.82, 2.24) is 20.0 Å². The van der Waals surface area contributed by atoms with Gasteiger partial charge in [-0.3, -0.25) is 4.98 Å². The molecule has 202 valence electrons. The van der Waals surface area contributed by atoms with Gasteiger partial charge >= 0.3 is 0 Å². The summed E-state index contributed by atoms with van der Waals surface area (Å²) in [6.45, 7) is 2.09. The fourth-order valence-corrected chi connectivity index (χ4v) is 5.22. The minimum absolute atomic E-state index is 0.0474. The number of terminal acetylenes is 1. The number of hydrogen-bond acceptors (Lipinski definition) is 5. The number of aromatic nitrogens is 4. The number of anilines is 1. The second-order valence-electron chi connectivity index (χ2n) is 10.3. The number of nitrogens with one attached hydrogen (secondary N) is 1. The third kappa shape index (κ3) is 5.40. The number of fused-ring (bicyclic) bond motifs is 1. The van der Waals surface area contributed by atoms with E-state index in [0.29, 0.717) is 45.0 Å². The van der Waals surface area contributed by atoms with Crippen molar-refractivity contribution in [2.45, 2.75) is 50.6 Å². The van der Waals surface area contributed by atoms with E-state index in [9.17, 15) is 11.0 Å². The zero-order valence-corrected chi connectivity index (χ0v) is 22.7. The SMILES string of the molecule is [2H][C@@](Cc1cc(C#C)c2ncc(C#N)c(N[C@H](CC)c3ccccc3)c2c1)(c1ccc(F)cc1)c1cn(C2CC2)nn1. The van der Waals surface area contributed by atoms with E-state index in [-0.39, 0.29) is 18.3 Å². The molecule has 5 aromatic rings. The van der Waals surface area contributed by atoms with Crippen molar-refractivity contribution in [3.63, 3.8) is 0 Å². The predicted octanol–water partition coefficient (Wildman–Crippen LogP) is 7.09. The van der Waals surface area contributed by atoms with Gasteiger partial charge < -0.3 is 5.32 Å². The summed E-state index contributed by atoms with van der Waals surface area (Å²) in [6.07, 6.45) is 12.4. The minimum Gasteiger partial charge on any atom is -0.377 e. The lowest BCUT2D eigenvalue weighted by molar-refractivity contribution is 0.610. The van der Waals surface area contributed by atoms with Crippen LogP contribution in [-0.2, 0) is 6.42 Å². The molecule has 2 atom stereocenters. The van der Waals surface area contributed by atoms with Gasteiger partial charge in [0.25, 0.3) is 0 Å². The molecule has 41 heavy (non-hydrogen) atoms. The number of hydrogen-bond donors (Lipinski definition) is 1. The van der Waals surface area contributed by atoms with Crippen LogP contribution in [0.25, 0.3) is 10.9 Å². The van der Waals surface area contributed by atoms with Gasteiger partial charge in [-0.2, -0.15) is 5.26 Å². The summed E-state index contributed by atoms with van der Waals surface area (Å²) >= 11 is 0. The molecule has 1 aliphatic rings. The van der Waals surface area contributed by atoms with E-state index in [1.165, 1.54) is 12.1 Å². The second-order valence-corrected chi connectivity index (χ2v) is 10.3. The van der Waals surface area contributed by atoms with E-state index >= 15 is 0 Å². The quantitative estimate of drug-likeness (QED) is 0.202. The van der Waals surface area contributed by atoms with Crippen LogP contribution in [0.5, 0.6) is 0 Å². The van der Waals surface area contributed by atoms with Crippen LogP contribution in [0.15, 0.2) is 79.1 Å². The molecule has 0 radical (unpaired) electrons. The molecule has 0 bridgehead atoms. The topological polar surface area (TPSA) is 79.4 Å². The average Bonchev–Trinajstić information content (AvgIpc) is 3.75. The first-order valence-corrected chi connectivity index (χ1v) is 13.8. The highest BCUT2D eigenvalue weighted by Gasteiger charge is 2.27. The number of pyridine rings is 1. The second kappa shape index (κ2) is 11.2. The minimum atomic E-state index is -1.37. The molecule has 0 aliphatic heterocycles. The molecular formula is C34H29FN6. The lowest BCUT2D eigenvalue weighted by atomic mass is 9.88. The average molecular weight is 542 g/mol. The van der Waals surface area contributed by atoms with Crippen LogP contribution in [0, 0.1) is 29.5 Å². The van der Waals surface area contributed by atoms with Crippen LogP contribution in [0.3, 0.4) is 0 Å². The number of benzene rings is 3. The Morgan fingerprint density at radius 3 is 2.59 bits per heavy atom. The fraction of sp³-hybridized carbons (Fsp3) is 0.235. The molecule has 3 aromatic carbocycles. The van der Waals surface area contributed by atoms with E-state index in [1.54, 1.807) is 18.3 Å². The van der Waals surface area contributed by atoms with E-state index < -0.39 is 5.89 Å². The Morgan fingerprint density at radius 1 is 1.12 bits per heavy atom. The van der Waals surface area contributed by atoms with Gasteiger partial charge in [-0.25, -0.2) is 9.07 Å². The van der Waals surface area contributed by atoms with E-state index in [0.717, 1.165) is 30.4 Å². The molecule has 1 saturated carbocycles. The van der Waals surface area contributed by atoms with Gasteiger partial charge in [0, 0.05) is 25.0 Å². The summed E-state index contributed by atoms with van der Waals surface area (Å²) in [7, 11) is 0. The first kappa shape index (κ1) is 25.0. The molecule has 0 unspecified atom stereocenters. The summed E-state index contributed by atoms with van der Waals surface area (Å²) in [4.78, 5) is 4.56. The summed E-state index contributed by atoms with van der Waals surface area (Å²) in [5.74, 6) is 1.01. The molecule has 0 saturated heterocycles. The molecule has 6 nitrogen and oxygen atoms in total. The molecular weight excluding hydrogens is 511 g/mol. The van der Waals surface area contributed by atoms with Crippen molar-refractivity contribution in [3.8, 4) is 18.4 Å². The van der Waals surface area contributed by atoms with Gasteiger partial charge in [-0.1, -0.05) is 60.5 Å². The number of rotatable bonds is 9. The van der Waals surface area contributed by atoms with Crippen molar-refractivity contribution in [3.05, 3.63) is 118 Å². The zero-order chi connectivity index (χ0) is 29.3. The summed E-state index contributed by atoms with van der Waals surface area (Å²) in [6, 6.07) is 22.4. The van der Waals surface area contributed by atoms with Crippen LogP contribution >= 0.6 is 0 Å². The maximum atomic E-state index is 13.9. The molecule has 0 amide bonds. The van der Waals surface area contributed by atoms with Gasteiger partial charge in [-0.05, 0) is 66.6 Å². The first-order valence-electron chi connectivity index (χ1n) is 14.3. The standard InChI is InChI=1S/C34H29FN6/c1-3-23-16-22(17-29(24-10-12-27(35)13-11-24)32-21-41(40-39-32)28-14-15-28)18-30-33(23)37-20-26(19-36)34(30)38-31(4-2)25-8-6-5-7-9-25/h1,5-13,16,18,20-21,28-29,31H,4,14-15,17H2,2H3,(H,37,38)/t29-,31-/m1/s1/i29D. The van der Waals surface area contributed by atoms with Gasteiger partial charge in [0.05, 0.1) is 40.1 Å². The lowest BCUT2D eigenvalue weighted by Gasteiger charge is -2.22.